The summed E-state index contributed by atoms with van der Waals surface area (Å²) in [6, 6.07) is 3.88. The van der Waals surface area contributed by atoms with E-state index in [1.165, 1.54) is 0 Å². The molecule has 0 bridgehead atoms. The third-order valence-electron chi connectivity index (χ3n) is 1.98. The average molecular weight is 367 g/mol. The Bertz CT molecular complexity index is 496. The van der Waals surface area contributed by atoms with Crippen molar-refractivity contribution in [1.82, 2.24) is 5.43 Å². The van der Waals surface area contributed by atoms with Crippen molar-refractivity contribution in [2.75, 3.05) is 12.3 Å². The van der Waals surface area contributed by atoms with Crippen LogP contribution < -0.4 is 5.43 Å². The molecule has 0 aromatic carbocycles. The van der Waals surface area contributed by atoms with Crippen molar-refractivity contribution in [3.8, 4) is 0 Å². The van der Waals surface area contributed by atoms with Crippen LogP contribution in [0.2, 0.25) is 4.34 Å². The zero-order valence-corrected chi connectivity index (χ0v) is 13.9. The van der Waals surface area contributed by atoms with E-state index < -0.39 is 0 Å². The molecule has 0 saturated heterocycles. The Labute approximate surface area is 130 Å². The van der Waals surface area contributed by atoms with Crippen LogP contribution in [0.4, 0.5) is 0 Å². The largest absolute Gasteiger partial charge is 0.257 e. The topological polar surface area (TPSA) is 36.8 Å². The first kappa shape index (κ1) is 15.8. The highest BCUT2D eigenvalue weighted by Crippen LogP contribution is 2.24. The molecule has 1 aromatic rings. The smallest absolute Gasteiger partial charge is 0.177 e. The molecule has 1 aliphatic heterocycles. The fourth-order valence-corrected chi connectivity index (χ4v) is 3.08. The van der Waals surface area contributed by atoms with E-state index in [1.807, 2.05) is 19.1 Å². The van der Waals surface area contributed by atoms with Gasteiger partial charge in [-0.2, -0.15) is 5.10 Å². The molecule has 1 N–H and O–H groups in total. The number of hydrazone groups is 1. The van der Waals surface area contributed by atoms with Gasteiger partial charge in [-0.3, -0.25) is 10.4 Å². The lowest BCUT2D eigenvalue weighted by Crippen LogP contribution is -2.25. The molecule has 1 aliphatic rings. The molecule has 0 fully saturated rings. The van der Waals surface area contributed by atoms with Crippen molar-refractivity contribution < 1.29 is 0 Å². The minimum absolute atomic E-state index is 0. The summed E-state index contributed by atoms with van der Waals surface area (Å²) in [5, 5.41) is 5.16. The van der Waals surface area contributed by atoms with E-state index in [1.54, 1.807) is 23.1 Å². The Morgan fingerprint density at radius 1 is 1.61 bits per heavy atom. The number of thiophene rings is 1. The fourth-order valence-electron chi connectivity index (χ4n) is 1.20. The minimum Gasteiger partial charge on any atom is -0.257 e. The van der Waals surface area contributed by atoms with Crippen LogP contribution >= 0.6 is 51.7 Å². The summed E-state index contributed by atoms with van der Waals surface area (Å²) in [4.78, 5) is 5.46. The molecule has 0 atom stereocenters. The van der Waals surface area contributed by atoms with Crippen LogP contribution in [0, 0.1) is 0 Å². The van der Waals surface area contributed by atoms with Crippen LogP contribution in [0.5, 0.6) is 0 Å². The van der Waals surface area contributed by atoms with Crippen LogP contribution in [-0.4, -0.2) is 23.2 Å². The number of hydrogen-bond acceptors (Lipinski definition) is 4. The van der Waals surface area contributed by atoms with Gasteiger partial charge in [0, 0.05) is 5.75 Å². The number of nitrogens with one attached hydrogen (secondary N) is 1. The molecule has 0 unspecified atom stereocenters. The van der Waals surface area contributed by atoms with Gasteiger partial charge in [-0.1, -0.05) is 35.5 Å². The predicted octanol–water partition coefficient (Wildman–Crippen LogP) is 3.95. The van der Waals surface area contributed by atoms with Crippen molar-refractivity contribution in [2.24, 2.45) is 10.1 Å². The van der Waals surface area contributed by atoms with Crippen molar-refractivity contribution in [1.29, 1.82) is 0 Å². The molecule has 2 heterocycles. The van der Waals surface area contributed by atoms with Gasteiger partial charge in [0.15, 0.2) is 5.17 Å². The van der Waals surface area contributed by atoms with Gasteiger partial charge in [0.25, 0.3) is 0 Å². The predicted molar refractivity (Wildman–Crippen MR) is 88.9 cm³/mol. The molecule has 0 amide bonds. The van der Waals surface area contributed by atoms with E-state index in [0.29, 0.717) is 6.54 Å². The van der Waals surface area contributed by atoms with E-state index in [0.717, 1.165) is 31.4 Å². The molecule has 7 heteroatoms. The standard InChI is InChI=1S/C11H12ClN3S2.BrH/c1-7(2)5-13-11-15-14-8(6-16-11)9-3-4-10(12)17-9;/h3-4H,1,5-6H2,2H3,(H,13,15);1H. The molecule has 0 radical (unpaired) electrons. The molecule has 0 aliphatic carbocycles. The first-order valence-corrected chi connectivity index (χ1v) is 7.23. The number of halogens is 2. The van der Waals surface area contributed by atoms with E-state index in [4.69, 9.17) is 11.6 Å². The molecular weight excluding hydrogens is 354 g/mol. The zero-order chi connectivity index (χ0) is 12.3. The van der Waals surface area contributed by atoms with Crippen molar-refractivity contribution in [3.05, 3.63) is 33.5 Å². The zero-order valence-electron chi connectivity index (χ0n) is 9.77. The number of nitrogens with zero attached hydrogens (tertiary/aromatic N) is 2. The molecule has 3 nitrogen and oxygen atoms in total. The highest BCUT2D eigenvalue weighted by Gasteiger charge is 2.14. The number of aliphatic imine (C=N–C) groups is 1. The van der Waals surface area contributed by atoms with Gasteiger partial charge < -0.3 is 0 Å². The summed E-state index contributed by atoms with van der Waals surface area (Å²) in [6.07, 6.45) is 0. The summed E-state index contributed by atoms with van der Waals surface area (Å²) >= 11 is 9.08. The normalized spacial score (nSPS) is 16.8. The van der Waals surface area contributed by atoms with Crippen LogP contribution in [0.1, 0.15) is 11.8 Å². The SMILES string of the molecule is Br.C=C(C)CN=C1NN=C(c2ccc(Cl)s2)CS1. The van der Waals surface area contributed by atoms with Crippen molar-refractivity contribution >= 4 is 62.6 Å². The number of rotatable bonds is 3. The molecule has 1 aromatic heterocycles. The lowest BCUT2D eigenvalue weighted by Gasteiger charge is -2.13. The first-order valence-electron chi connectivity index (χ1n) is 5.05. The maximum Gasteiger partial charge on any atom is 0.177 e. The number of thioether (sulfide) groups is 1. The second kappa shape index (κ2) is 7.33. The van der Waals surface area contributed by atoms with Gasteiger partial charge in [-0.15, -0.1) is 28.3 Å². The summed E-state index contributed by atoms with van der Waals surface area (Å²) in [5.74, 6) is 0.818. The van der Waals surface area contributed by atoms with Gasteiger partial charge in [0.05, 0.1) is 21.5 Å². The minimum atomic E-state index is 0. The Morgan fingerprint density at radius 2 is 2.39 bits per heavy atom. The maximum absolute atomic E-state index is 5.90. The first-order chi connectivity index (χ1) is 8.15. The number of hydrogen-bond donors (Lipinski definition) is 1. The second-order valence-electron chi connectivity index (χ2n) is 3.64. The van der Waals surface area contributed by atoms with Crippen LogP contribution in [0.15, 0.2) is 34.4 Å². The van der Waals surface area contributed by atoms with Crippen molar-refractivity contribution in [2.45, 2.75) is 6.92 Å². The Kier molecular flexibility index (Phi) is 6.42. The van der Waals surface area contributed by atoms with E-state index in [9.17, 15) is 0 Å². The highest BCUT2D eigenvalue weighted by molar-refractivity contribution is 8.93. The van der Waals surface area contributed by atoms with Gasteiger partial charge >= 0.3 is 0 Å². The maximum atomic E-state index is 5.90. The summed E-state index contributed by atoms with van der Waals surface area (Å²) in [5.41, 5.74) is 5.01. The van der Waals surface area contributed by atoms with Gasteiger partial charge in [0.1, 0.15) is 0 Å². The van der Waals surface area contributed by atoms with Crippen LogP contribution in [-0.2, 0) is 0 Å². The monoisotopic (exact) mass is 365 g/mol. The Balaban J connectivity index is 0.00000162. The molecule has 0 saturated carbocycles. The summed E-state index contributed by atoms with van der Waals surface area (Å²) in [6.45, 7) is 6.41. The average Bonchev–Trinajstić information content (AvgIpc) is 2.74. The quantitative estimate of drug-likeness (QED) is 0.822. The molecule has 0 spiro atoms. The molecular formula is C11H13BrClN3S2. The summed E-state index contributed by atoms with van der Waals surface area (Å²) in [7, 11) is 0. The Hall–Kier alpha value is -0.300. The highest BCUT2D eigenvalue weighted by atomic mass is 79.9. The third-order valence-corrected chi connectivity index (χ3v) is 4.17. The Morgan fingerprint density at radius 3 is 2.89 bits per heavy atom. The van der Waals surface area contributed by atoms with E-state index in [2.05, 4.69) is 22.1 Å². The molecule has 18 heavy (non-hydrogen) atoms. The van der Waals surface area contributed by atoms with Gasteiger partial charge in [0.2, 0.25) is 0 Å². The van der Waals surface area contributed by atoms with Gasteiger partial charge in [-0.25, -0.2) is 0 Å². The number of amidine groups is 1. The fraction of sp³-hybridized carbons (Fsp3) is 0.273. The van der Waals surface area contributed by atoms with E-state index in [-0.39, 0.29) is 17.0 Å². The van der Waals surface area contributed by atoms with Crippen molar-refractivity contribution in [3.63, 3.8) is 0 Å². The van der Waals surface area contributed by atoms with Crippen LogP contribution in [0.3, 0.4) is 0 Å². The van der Waals surface area contributed by atoms with Gasteiger partial charge in [-0.05, 0) is 19.1 Å². The molecule has 2 rings (SSSR count). The molecule has 98 valence electrons. The summed E-state index contributed by atoms with van der Waals surface area (Å²) < 4.78 is 0.787. The van der Waals surface area contributed by atoms with E-state index >= 15 is 0 Å². The second-order valence-corrected chi connectivity index (χ2v) is 6.32. The lowest BCUT2D eigenvalue weighted by atomic mass is 10.3. The lowest BCUT2D eigenvalue weighted by molar-refractivity contribution is 1.01. The van der Waals surface area contributed by atoms with Crippen LogP contribution in [0.25, 0.3) is 0 Å². The third kappa shape index (κ3) is 4.42.